The zero-order valence-electron chi connectivity index (χ0n) is 27.8. The number of hydrogen-bond acceptors (Lipinski definition) is 3. The molecule has 10 rings (SSSR count). The van der Waals surface area contributed by atoms with Crippen molar-refractivity contribution in [3.05, 3.63) is 194 Å². The number of anilines is 2. The summed E-state index contributed by atoms with van der Waals surface area (Å²) in [7, 11) is 0. The van der Waals surface area contributed by atoms with E-state index in [1.807, 2.05) is 24.3 Å². The Morgan fingerprint density at radius 2 is 1.00 bits per heavy atom. The second-order valence-electron chi connectivity index (χ2n) is 13.2. The van der Waals surface area contributed by atoms with Gasteiger partial charge in [-0.05, 0) is 58.7 Å². The zero-order valence-corrected chi connectivity index (χ0v) is 27.8. The van der Waals surface area contributed by atoms with E-state index in [1.54, 1.807) is 0 Å². The van der Waals surface area contributed by atoms with Crippen molar-refractivity contribution < 1.29 is 9.47 Å². The molecule has 2 atom stereocenters. The van der Waals surface area contributed by atoms with Crippen LogP contribution in [0.1, 0.15) is 11.5 Å². The van der Waals surface area contributed by atoms with Gasteiger partial charge < -0.3 is 14.4 Å². The molecule has 3 heteroatoms. The van der Waals surface area contributed by atoms with Gasteiger partial charge >= 0.3 is 0 Å². The van der Waals surface area contributed by atoms with Gasteiger partial charge in [-0.3, -0.25) is 0 Å². The summed E-state index contributed by atoms with van der Waals surface area (Å²) in [5.74, 6) is 3.32. The Labute approximate surface area is 298 Å². The molecular formula is C48H33NO2. The van der Waals surface area contributed by atoms with E-state index in [4.69, 9.17) is 9.47 Å². The van der Waals surface area contributed by atoms with Crippen molar-refractivity contribution in [2.24, 2.45) is 0 Å². The molecule has 3 aliphatic rings. The van der Waals surface area contributed by atoms with E-state index in [-0.39, 0.29) is 12.0 Å². The highest BCUT2D eigenvalue weighted by Crippen LogP contribution is 2.55. The van der Waals surface area contributed by atoms with Crippen LogP contribution in [0.4, 0.5) is 11.4 Å². The minimum atomic E-state index is 0.175. The summed E-state index contributed by atoms with van der Waals surface area (Å²) in [5.41, 5.74) is 12.0. The molecule has 1 aliphatic carbocycles. The summed E-state index contributed by atoms with van der Waals surface area (Å²) in [6, 6.07) is 57.5. The van der Waals surface area contributed by atoms with E-state index in [1.165, 1.54) is 22.5 Å². The second kappa shape index (κ2) is 12.1. The van der Waals surface area contributed by atoms with Crippen molar-refractivity contribution in [1.29, 1.82) is 0 Å². The molecule has 51 heavy (non-hydrogen) atoms. The van der Waals surface area contributed by atoms with Crippen LogP contribution in [0.25, 0.3) is 44.5 Å². The predicted octanol–water partition coefficient (Wildman–Crippen LogP) is 13.0. The van der Waals surface area contributed by atoms with Gasteiger partial charge in [-0.2, -0.15) is 0 Å². The molecule has 0 spiro atoms. The number of allylic oxidation sites excluding steroid dienone is 2. The maximum atomic E-state index is 7.30. The van der Waals surface area contributed by atoms with Gasteiger partial charge in [0.1, 0.15) is 23.0 Å². The third-order valence-electron chi connectivity index (χ3n) is 10.3. The number of benzene rings is 7. The Kier molecular flexibility index (Phi) is 6.95. The van der Waals surface area contributed by atoms with Gasteiger partial charge in [0.2, 0.25) is 0 Å². The lowest BCUT2D eigenvalue weighted by Gasteiger charge is -2.28. The van der Waals surface area contributed by atoms with E-state index in [9.17, 15) is 0 Å². The molecule has 7 aromatic rings. The summed E-state index contributed by atoms with van der Waals surface area (Å²) in [5, 5.41) is 0. The average Bonchev–Trinajstić information content (AvgIpc) is 3.54. The first-order valence-corrected chi connectivity index (χ1v) is 17.5. The molecule has 7 aromatic carbocycles. The Morgan fingerprint density at radius 3 is 1.84 bits per heavy atom. The van der Waals surface area contributed by atoms with Crippen molar-refractivity contribution in [3.8, 4) is 67.5 Å². The Balaban J connectivity index is 1.25. The standard InChI is InChI=1S/C48H33NO2/c1-3-16-32(17-4-1)34-23-13-26-38-35-20-8-11-29-43(35)50-44-30-12-9-22-40(44)47-37(25-15-31-45(47)51-48(34)38)36-24-14-28-42-46(36)39-21-7-10-27-41(39)49(42)33-18-5-2-6-19-33/h1-31,39,41H. The molecule has 0 aromatic heterocycles. The fourth-order valence-corrected chi connectivity index (χ4v) is 8.11. The van der Waals surface area contributed by atoms with Gasteiger partial charge in [0.25, 0.3) is 0 Å². The maximum Gasteiger partial charge on any atom is 0.143 e. The van der Waals surface area contributed by atoms with Crippen LogP contribution in [0.3, 0.4) is 0 Å². The molecule has 0 saturated carbocycles. The molecule has 0 radical (unpaired) electrons. The molecule has 0 N–H and O–H groups in total. The highest BCUT2D eigenvalue weighted by Gasteiger charge is 2.39. The molecule has 0 fully saturated rings. The van der Waals surface area contributed by atoms with E-state index in [0.29, 0.717) is 0 Å². The summed E-state index contributed by atoms with van der Waals surface area (Å²) in [6.07, 6.45) is 9.04. The van der Waals surface area contributed by atoms with Crippen LogP contribution in [0.5, 0.6) is 23.0 Å². The monoisotopic (exact) mass is 655 g/mol. The smallest absolute Gasteiger partial charge is 0.143 e. The van der Waals surface area contributed by atoms with E-state index in [0.717, 1.165) is 61.9 Å². The lowest BCUT2D eigenvalue weighted by Crippen LogP contribution is -2.28. The van der Waals surface area contributed by atoms with Crippen LogP contribution in [-0.2, 0) is 0 Å². The normalized spacial score (nSPS) is 16.4. The number of nitrogens with zero attached hydrogens (tertiary/aromatic N) is 1. The first-order valence-electron chi connectivity index (χ1n) is 17.5. The quantitative estimate of drug-likeness (QED) is 0.189. The van der Waals surface area contributed by atoms with Crippen LogP contribution in [0.15, 0.2) is 188 Å². The van der Waals surface area contributed by atoms with Crippen molar-refractivity contribution in [3.63, 3.8) is 0 Å². The third kappa shape index (κ3) is 4.81. The SMILES string of the molecule is C1=CC2c3c(-c4cccc5c4-c4ccccc4Oc4ccccc4-c4cccc(-c6ccccc6)c4O5)cccc3N(c3ccccc3)C2C=C1. The van der Waals surface area contributed by atoms with Crippen molar-refractivity contribution in [2.75, 3.05) is 4.90 Å². The van der Waals surface area contributed by atoms with Crippen LogP contribution in [0.2, 0.25) is 0 Å². The van der Waals surface area contributed by atoms with Gasteiger partial charge in [-0.25, -0.2) is 0 Å². The largest absolute Gasteiger partial charge is 0.456 e. The lowest BCUT2D eigenvalue weighted by molar-refractivity contribution is 0.473. The molecular weight excluding hydrogens is 623 g/mol. The molecule has 2 aliphatic heterocycles. The van der Waals surface area contributed by atoms with Crippen LogP contribution in [-0.4, -0.2) is 6.04 Å². The molecule has 242 valence electrons. The maximum absolute atomic E-state index is 7.30. The third-order valence-corrected chi connectivity index (χ3v) is 10.3. The average molecular weight is 656 g/mol. The molecule has 3 nitrogen and oxygen atoms in total. The molecule has 0 amide bonds. The van der Waals surface area contributed by atoms with Gasteiger partial charge in [-0.15, -0.1) is 0 Å². The van der Waals surface area contributed by atoms with E-state index < -0.39 is 0 Å². The molecule has 2 unspecified atom stereocenters. The van der Waals surface area contributed by atoms with Gasteiger partial charge in [0.15, 0.2) is 0 Å². The van der Waals surface area contributed by atoms with Crippen LogP contribution < -0.4 is 14.4 Å². The Bertz CT molecular complexity index is 2500. The fourth-order valence-electron chi connectivity index (χ4n) is 8.11. The summed E-state index contributed by atoms with van der Waals surface area (Å²) in [6.45, 7) is 0. The molecule has 0 bridgehead atoms. The molecule has 2 heterocycles. The summed E-state index contributed by atoms with van der Waals surface area (Å²) in [4.78, 5) is 2.48. The number of fused-ring (bicyclic) bond motifs is 9. The van der Waals surface area contributed by atoms with Crippen molar-refractivity contribution in [1.82, 2.24) is 0 Å². The first kappa shape index (κ1) is 29.3. The topological polar surface area (TPSA) is 21.7 Å². The summed E-state index contributed by atoms with van der Waals surface area (Å²) >= 11 is 0. The van der Waals surface area contributed by atoms with Gasteiger partial charge in [0.05, 0.1) is 6.04 Å². The minimum Gasteiger partial charge on any atom is -0.456 e. The van der Waals surface area contributed by atoms with Crippen LogP contribution >= 0.6 is 0 Å². The Morgan fingerprint density at radius 1 is 0.412 bits per heavy atom. The van der Waals surface area contributed by atoms with Crippen molar-refractivity contribution in [2.45, 2.75) is 12.0 Å². The minimum absolute atomic E-state index is 0.175. The number of ether oxygens (including phenoxy) is 2. The first-order chi connectivity index (χ1) is 25.3. The number of para-hydroxylation sites is 4. The second-order valence-corrected chi connectivity index (χ2v) is 13.2. The number of hydrogen-bond donors (Lipinski definition) is 0. The van der Waals surface area contributed by atoms with Gasteiger partial charge in [-0.1, -0.05) is 152 Å². The molecule has 0 saturated heterocycles. The predicted molar refractivity (Wildman–Crippen MR) is 208 cm³/mol. The van der Waals surface area contributed by atoms with Gasteiger partial charge in [0, 0.05) is 45.1 Å². The Hall–Kier alpha value is -6.58. The van der Waals surface area contributed by atoms with E-state index >= 15 is 0 Å². The van der Waals surface area contributed by atoms with Crippen LogP contribution in [0, 0.1) is 0 Å². The number of rotatable bonds is 3. The highest BCUT2D eigenvalue weighted by molar-refractivity contribution is 5.96. The van der Waals surface area contributed by atoms with E-state index in [2.05, 4.69) is 169 Å². The zero-order chi connectivity index (χ0) is 33.7. The fraction of sp³-hybridized carbons (Fsp3) is 0.0417. The van der Waals surface area contributed by atoms with Crippen molar-refractivity contribution >= 4 is 11.4 Å². The lowest BCUT2D eigenvalue weighted by atomic mass is 9.84. The summed E-state index contributed by atoms with van der Waals surface area (Å²) < 4.78 is 14.2. The highest BCUT2D eigenvalue weighted by atomic mass is 16.5.